The smallest absolute Gasteiger partial charge is 0.321 e. The summed E-state index contributed by atoms with van der Waals surface area (Å²) in [6.45, 7) is 5.23. The number of rotatable bonds is 4. The molecular weight excluding hydrogens is 192 g/mol. The zero-order valence-electron chi connectivity index (χ0n) is 7.47. The van der Waals surface area contributed by atoms with Crippen LogP contribution in [-0.4, -0.2) is 23.9 Å². The Morgan fingerprint density at radius 1 is 1.62 bits per heavy atom. The molecule has 1 atom stereocenters. The molecule has 74 valence electrons. The molecule has 1 unspecified atom stereocenters. The zero-order chi connectivity index (χ0) is 10.3. The molecule has 0 fully saturated rings. The largest absolute Gasteiger partial charge is 0.332 e. The molecule has 0 rings (SSSR count). The van der Waals surface area contributed by atoms with E-state index in [9.17, 15) is 9.59 Å². The maximum Gasteiger partial charge on any atom is 0.321 e. The lowest BCUT2D eigenvalue weighted by molar-refractivity contribution is -0.119. The van der Waals surface area contributed by atoms with E-state index in [-0.39, 0.29) is 24.2 Å². The Morgan fingerprint density at radius 3 is 2.69 bits per heavy atom. The monoisotopic (exact) mass is 204 g/mol. The molecule has 0 bridgehead atoms. The van der Waals surface area contributed by atoms with Gasteiger partial charge in [0.2, 0.25) is 5.91 Å². The molecule has 13 heavy (non-hydrogen) atoms. The Hall–Kier alpha value is -1.03. The third kappa shape index (κ3) is 6.16. The molecule has 0 aliphatic carbocycles. The Morgan fingerprint density at radius 2 is 2.23 bits per heavy atom. The second-order valence-electron chi connectivity index (χ2n) is 2.48. The van der Waals surface area contributed by atoms with Crippen molar-refractivity contribution in [2.24, 2.45) is 0 Å². The third-order valence-corrected chi connectivity index (χ3v) is 1.48. The number of hydrogen-bond donors (Lipinski definition) is 2. The van der Waals surface area contributed by atoms with E-state index in [2.05, 4.69) is 17.2 Å². The minimum absolute atomic E-state index is 0.136. The first-order valence-electron chi connectivity index (χ1n) is 3.89. The minimum Gasteiger partial charge on any atom is -0.332 e. The minimum atomic E-state index is -0.525. The molecule has 0 radical (unpaired) electrons. The van der Waals surface area contributed by atoms with Gasteiger partial charge in [-0.2, -0.15) is 0 Å². The van der Waals surface area contributed by atoms with E-state index in [1.165, 1.54) is 0 Å². The van der Waals surface area contributed by atoms with Crippen LogP contribution in [0.5, 0.6) is 0 Å². The second-order valence-corrected chi connectivity index (χ2v) is 2.86. The van der Waals surface area contributed by atoms with Crippen LogP contribution in [0.25, 0.3) is 0 Å². The van der Waals surface area contributed by atoms with Gasteiger partial charge in [0.15, 0.2) is 0 Å². The molecule has 0 aliphatic rings. The fourth-order valence-corrected chi connectivity index (χ4v) is 0.748. The summed E-state index contributed by atoms with van der Waals surface area (Å²) >= 11 is 5.30. The van der Waals surface area contributed by atoms with Crippen LogP contribution in [-0.2, 0) is 4.79 Å². The van der Waals surface area contributed by atoms with E-state index in [1.54, 1.807) is 13.0 Å². The van der Waals surface area contributed by atoms with Gasteiger partial charge in [-0.3, -0.25) is 10.1 Å². The van der Waals surface area contributed by atoms with Crippen LogP contribution in [0.3, 0.4) is 0 Å². The number of hydrogen-bond acceptors (Lipinski definition) is 2. The predicted molar refractivity (Wildman–Crippen MR) is 51.7 cm³/mol. The van der Waals surface area contributed by atoms with Crippen molar-refractivity contribution in [3.8, 4) is 0 Å². The number of alkyl halides is 1. The van der Waals surface area contributed by atoms with E-state index in [0.717, 1.165) is 0 Å². The summed E-state index contributed by atoms with van der Waals surface area (Å²) in [5, 5.41) is 4.61. The first kappa shape index (κ1) is 12.0. The van der Waals surface area contributed by atoms with Gasteiger partial charge in [0, 0.05) is 18.3 Å². The van der Waals surface area contributed by atoms with Gasteiger partial charge in [-0.1, -0.05) is 6.08 Å². The molecule has 2 N–H and O–H groups in total. The van der Waals surface area contributed by atoms with Crippen molar-refractivity contribution < 1.29 is 9.59 Å². The summed E-state index contributed by atoms with van der Waals surface area (Å²) < 4.78 is 0. The number of carbonyl (C=O) groups excluding carboxylic acids is 2. The van der Waals surface area contributed by atoms with Crippen molar-refractivity contribution in [2.75, 3.05) is 5.88 Å². The van der Waals surface area contributed by atoms with Crippen molar-refractivity contribution in [3.63, 3.8) is 0 Å². The SMILES string of the molecule is C=CC(C)NC(=O)NC(=O)CCCl. The Labute approximate surface area is 82.3 Å². The molecule has 0 heterocycles. The van der Waals surface area contributed by atoms with E-state index < -0.39 is 6.03 Å². The number of halogens is 1. The van der Waals surface area contributed by atoms with Crippen LogP contribution in [0.1, 0.15) is 13.3 Å². The van der Waals surface area contributed by atoms with Gasteiger partial charge >= 0.3 is 6.03 Å². The maximum atomic E-state index is 11.0. The van der Waals surface area contributed by atoms with Gasteiger partial charge in [-0.05, 0) is 6.92 Å². The van der Waals surface area contributed by atoms with Gasteiger partial charge < -0.3 is 5.32 Å². The van der Waals surface area contributed by atoms with Crippen LogP contribution in [0.4, 0.5) is 4.79 Å². The van der Waals surface area contributed by atoms with E-state index >= 15 is 0 Å². The highest BCUT2D eigenvalue weighted by molar-refractivity contribution is 6.19. The average Bonchev–Trinajstić information content (AvgIpc) is 2.04. The van der Waals surface area contributed by atoms with Crippen LogP contribution < -0.4 is 10.6 Å². The van der Waals surface area contributed by atoms with Gasteiger partial charge in [0.1, 0.15) is 0 Å². The molecule has 4 nitrogen and oxygen atoms in total. The Bertz CT molecular complexity index is 206. The number of nitrogens with one attached hydrogen (secondary N) is 2. The lowest BCUT2D eigenvalue weighted by Gasteiger charge is -2.09. The fourth-order valence-electron chi connectivity index (χ4n) is 0.577. The molecule has 0 aliphatic heterocycles. The average molecular weight is 205 g/mol. The van der Waals surface area contributed by atoms with Gasteiger partial charge in [-0.15, -0.1) is 18.2 Å². The van der Waals surface area contributed by atoms with Crippen molar-refractivity contribution in [3.05, 3.63) is 12.7 Å². The number of urea groups is 1. The van der Waals surface area contributed by atoms with E-state index in [0.29, 0.717) is 0 Å². The highest BCUT2D eigenvalue weighted by Gasteiger charge is 2.07. The quantitative estimate of drug-likeness (QED) is 0.531. The molecule has 0 aromatic carbocycles. The van der Waals surface area contributed by atoms with Crippen LogP contribution >= 0.6 is 11.6 Å². The summed E-state index contributed by atoms with van der Waals surface area (Å²) in [6.07, 6.45) is 1.70. The Kier molecular flexibility index (Phi) is 5.97. The summed E-state index contributed by atoms with van der Waals surface area (Å²) in [7, 11) is 0. The lowest BCUT2D eigenvalue weighted by Crippen LogP contribution is -2.42. The first-order valence-corrected chi connectivity index (χ1v) is 4.42. The van der Waals surface area contributed by atoms with Crippen LogP contribution in [0.2, 0.25) is 0 Å². The molecule has 0 saturated carbocycles. The highest BCUT2D eigenvalue weighted by Crippen LogP contribution is 1.85. The standard InChI is InChI=1S/C8H13ClN2O2/c1-3-6(2)10-8(13)11-7(12)4-5-9/h3,6H,1,4-5H2,2H3,(H2,10,11,12,13). The van der Waals surface area contributed by atoms with Crippen molar-refractivity contribution in [1.29, 1.82) is 0 Å². The molecule has 0 saturated heterocycles. The van der Waals surface area contributed by atoms with E-state index in [1.807, 2.05) is 0 Å². The predicted octanol–water partition coefficient (Wildman–Crippen LogP) is 1.02. The second kappa shape index (κ2) is 6.48. The van der Waals surface area contributed by atoms with Gasteiger partial charge in [0.05, 0.1) is 0 Å². The van der Waals surface area contributed by atoms with Crippen molar-refractivity contribution >= 4 is 23.5 Å². The zero-order valence-corrected chi connectivity index (χ0v) is 8.23. The number of imide groups is 1. The Balaban J connectivity index is 3.74. The molecular formula is C8H13ClN2O2. The molecule has 0 aromatic rings. The van der Waals surface area contributed by atoms with Gasteiger partial charge in [-0.25, -0.2) is 4.79 Å². The number of amides is 3. The van der Waals surface area contributed by atoms with Crippen molar-refractivity contribution in [1.82, 2.24) is 10.6 Å². The highest BCUT2D eigenvalue weighted by atomic mass is 35.5. The summed E-state index contributed by atoms with van der Waals surface area (Å²) in [5.74, 6) is -0.181. The first-order chi connectivity index (χ1) is 6.10. The lowest BCUT2D eigenvalue weighted by atomic mass is 10.3. The third-order valence-electron chi connectivity index (χ3n) is 1.29. The summed E-state index contributed by atoms with van der Waals surface area (Å²) in [6, 6.07) is -0.689. The van der Waals surface area contributed by atoms with Crippen LogP contribution in [0, 0.1) is 0 Å². The summed E-state index contributed by atoms with van der Waals surface area (Å²) in [4.78, 5) is 21.8. The molecule has 0 spiro atoms. The van der Waals surface area contributed by atoms with Crippen molar-refractivity contribution in [2.45, 2.75) is 19.4 Å². The number of carbonyl (C=O) groups is 2. The fraction of sp³-hybridized carbons (Fsp3) is 0.500. The van der Waals surface area contributed by atoms with Gasteiger partial charge in [0.25, 0.3) is 0 Å². The maximum absolute atomic E-state index is 11.0. The molecule has 3 amide bonds. The van der Waals surface area contributed by atoms with E-state index in [4.69, 9.17) is 11.6 Å². The molecule has 5 heteroatoms. The summed E-state index contributed by atoms with van der Waals surface area (Å²) in [5.41, 5.74) is 0. The molecule has 0 aromatic heterocycles. The topological polar surface area (TPSA) is 58.2 Å². The normalized spacial score (nSPS) is 11.5. The van der Waals surface area contributed by atoms with Crippen LogP contribution in [0.15, 0.2) is 12.7 Å².